The average molecular weight is 278 g/mol. The topological polar surface area (TPSA) is 35.2 Å². The number of para-hydroxylation sites is 1. The first-order valence-corrected chi connectivity index (χ1v) is 6.19. The zero-order valence-corrected chi connectivity index (χ0v) is 11.4. The van der Waals surface area contributed by atoms with Crippen LogP contribution >= 0.6 is 23.8 Å². The second-order valence-electron chi connectivity index (χ2n) is 3.87. The Morgan fingerprint density at radius 2 is 1.89 bits per heavy atom. The van der Waals surface area contributed by atoms with Gasteiger partial charge in [0.2, 0.25) is 0 Å². The minimum Gasteiger partial charge on any atom is -0.456 e. The van der Waals surface area contributed by atoms with Gasteiger partial charge in [-0.1, -0.05) is 42.0 Å². The smallest absolute Gasteiger partial charge is 0.137 e. The summed E-state index contributed by atoms with van der Waals surface area (Å²) in [6, 6.07) is 12.9. The summed E-state index contributed by atoms with van der Waals surface area (Å²) in [6.45, 7) is 1.95. The van der Waals surface area contributed by atoms with E-state index in [-0.39, 0.29) is 0 Å². The van der Waals surface area contributed by atoms with Gasteiger partial charge in [-0.25, -0.2) is 0 Å². The fraction of sp³-hybridized carbons (Fsp3) is 0.0714. The van der Waals surface area contributed by atoms with Crippen molar-refractivity contribution in [3.8, 4) is 11.5 Å². The number of rotatable bonds is 3. The summed E-state index contributed by atoms with van der Waals surface area (Å²) in [5, 5.41) is 0.628. The van der Waals surface area contributed by atoms with Gasteiger partial charge in [-0.05, 0) is 36.8 Å². The minimum atomic E-state index is 0.310. The highest BCUT2D eigenvalue weighted by Gasteiger charge is 2.08. The molecule has 0 atom stereocenters. The molecule has 92 valence electrons. The molecule has 0 spiro atoms. The van der Waals surface area contributed by atoms with Crippen molar-refractivity contribution in [2.24, 2.45) is 5.73 Å². The summed E-state index contributed by atoms with van der Waals surface area (Å²) in [5.74, 6) is 1.33. The molecule has 2 aromatic rings. The molecule has 0 bridgehead atoms. The predicted octanol–water partition coefficient (Wildman–Crippen LogP) is 4.07. The molecule has 2 N–H and O–H groups in total. The van der Waals surface area contributed by atoms with Crippen LogP contribution in [0.4, 0.5) is 0 Å². The lowest BCUT2D eigenvalue weighted by Crippen LogP contribution is -2.10. The van der Waals surface area contributed by atoms with Gasteiger partial charge >= 0.3 is 0 Å². The maximum absolute atomic E-state index is 5.95. The molecule has 0 aliphatic heterocycles. The third kappa shape index (κ3) is 2.81. The highest BCUT2D eigenvalue weighted by molar-refractivity contribution is 7.80. The van der Waals surface area contributed by atoms with E-state index in [1.807, 2.05) is 43.3 Å². The first kappa shape index (κ1) is 12.9. The van der Waals surface area contributed by atoms with Gasteiger partial charge in [0.1, 0.15) is 16.5 Å². The third-order valence-electron chi connectivity index (χ3n) is 2.52. The Morgan fingerprint density at radius 1 is 1.17 bits per heavy atom. The van der Waals surface area contributed by atoms with Crippen LogP contribution in [0.2, 0.25) is 5.02 Å². The van der Waals surface area contributed by atoms with Gasteiger partial charge in [0.25, 0.3) is 0 Å². The summed E-state index contributed by atoms with van der Waals surface area (Å²) in [6.07, 6.45) is 0. The summed E-state index contributed by atoms with van der Waals surface area (Å²) in [4.78, 5) is 0.310. The number of benzene rings is 2. The van der Waals surface area contributed by atoms with Crippen LogP contribution in [0, 0.1) is 6.92 Å². The van der Waals surface area contributed by atoms with E-state index in [0.717, 1.165) is 5.56 Å². The molecule has 0 heterocycles. The number of aryl methyl sites for hydroxylation is 1. The summed E-state index contributed by atoms with van der Waals surface area (Å²) < 4.78 is 5.83. The Balaban J connectivity index is 2.40. The monoisotopic (exact) mass is 277 g/mol. The van der Waals surface area contributed by atoms with Gasteiger partial charge in [-0.3, -0.25) is 0 Å². The maximum Gasteiger partial charge on any atom is 0.137 e. The lowest BCUT2D eigenvalue weighted by molar-refractivity contribution is 0.478. The van der Waals surface area contributed by atoms with Gasteiger partial charge in [0.05, 0.1) is 5.56 Å². The number of hydrogen-bond acceptors (Lipinski definition) is 2. The molecule has 0 amide bonds. The van der Waals surface area contributed by atoms with Crippen molar-refractivity contribution in [1.29, 1.82) is 0 Å². The van der Waals surface area contributed by atoms with Crippen molar-refractivity contribution in [1.82, 2.24) is 0 Å². The van der Waals surface area contributed by atoms with Gasteiger partial charge in [0, 0.05) is 5.02 Å². The van der Waals surface area contributed by atoms with E-state index in [9.17, 15) is 0 Å². The summed E-state index contributed by atoms with van der Waals surface area (Å²) >= 11 is 11.0. The minimum absolute atomic E-state index is 0.310. The molecular formula is C14H12ClNOS. The molecule has 0 saturated heterocycles. The fourth-order valence-corrected chi connectivity index (χ4v) is 1.89. The summed E-state index contributed by atoms with van der Waals surface area (Å²) in [5.41, 5.74) is 7.37. The molecule has 18 heavy (non-hydrogen) atoms. The largest absolute Gasteiger partial charge is 0.456 e. The zero-order chi connectivity index (χ0) is 13.1. The second kappa shape index (κ2) is 5.38. The molecule has 2 aromatic carbocycles. The van der Waals surface area contributed by atoms with Crippen LogP contribution in [0.25, 0.3) is 0 Å². The number of hydrogen-bond donors (Lipinski definition) is 1. The van der Waals surface area contributed by atoms with Crippen LogP contribution in [0.15, 0.2) is 42.5 Å². The van der Waals surface area contributed by atoms with Crippen molar-refractivity contribution in [3.05, 3.63) is 58.6 Å². The standard InChI is InChI=1S/C14H12ClNOS/c1-9-6-7-10(15)8-13(9)17-12-5-3-2-4-11(12)14(16)18/h2-8H,1H3,(H2,16,18). The molecule has 0 aliphatic rings. The summed E-state index contributed by atoms with van der Waals surface area (Å²) in [7, 11) is 0. The highest BCUT2D eigenvalue weighted by Crippen LogP contribution is 2.29. The molecule has 2 rings (SSSR count). The zero-order valence-electron chi connectivity index (χ0n) is 9.81. The van der Waals surface area contributed by atoms with E-state index in [1.165, 1.54) is 0 Å². The quantitative estimate of drug-likeness (QED) is 0.859. The molecule has 0 fully saturated rings. The Morgan fingerprint density at radius 3 is 2.61 bits per heavy atom. The van der Waals surface area contributed by atoms with Crippen molar-refractivity contribution in [2.45, 2.75) is 6.92 Å². The van der Waals surface area contributed by atoms with Crippen LogP contribution in [0.3, 0.4) is 0 Å². The van der Waals surface area contributed by atoms with Crippen LogP contribution < -0.4 is 10.5 Å². The Kier molecular flexibility index (Phi) is 3.84. The third-order valence-corrected chi connectivity index (χ3v) is 2.98. The Bertz CT molecular complexity index is 598. The fourth-order valence-electron chi connectivity index (χ4n) is 1.56. The van der Waals surface area contributed by atoms with Gasteiger partial charge in [-0.15, -0.1) is 0 Å². The van der Waals surface area contributed by atoms with E-state index in [1.54, 1.807) is 6.07 Å². The van der Waals surface area contributed by atoms with Crippen molar-refractivity contribution >= 4 is 28.8 Å². The first-order chi connectivity index (χ1) is 8.58. The Labute approximate surface area is 116 Å². The molecule has 0 unspecified atom stereocenters. The van der Waals surface area contributed by atoms with Crippen LogP contribution in [-0.4, -0.2) is 4.99 Å². The van der Waals surface area contributed by atoms with Crippen LogP contribution in [0.5, 0.6) is 11.5 Å². The van der Waals surface area contributed by atoms with Crippen LogP contribution in [-0.2, 0) is 0 Å². The molecule has 0 aromatic heterocycles. The van der Waals surface area contributed by atoms with Crippen LogP contribution in [0.1, 0.15) is 11.1 Å². The van der Waals surface area contributed by atoms with Gasteiger partial charge in [-0.2, -0.15) is 0 Å². The lowest BCUT2D eigenvalue weighted by Gasteiger charge is -2.12. The van der Waals surface area contributed by atoms with E-state index in [0.29, 0.717) is 27.1 Å². The molecule has 0 radical (unpaired) electrons. The molecule has 4 heteroatoms. The molecular weight excluding hydrogens is 266 g/mol. The molecule has 0 saturated carbocycles. The van der Waals surface area contributed by atoms with E-state index >= 15 is 0 Å². The highest BCUT2D eigenvalue weighted by atomic mass is 35.5. The van der Waals surface area contributed by atoms with Gasteiger partial charge < -0.3 is 10.5 Å². The maximum atomic E-state index is 5.95. The first-order valence-electron chi connectivity index (χ1n) is 5.41. The average Bonchev–Trinajstić information content (AvgIpc) is 2.34. The molecule has 2 nitrogen and oxygen atoms in total. The SMILES string of the molecule is Cc1ccc(Cl)cc1Oc1ccccc1C(N)=S. The number of halogens is 1. The van der Waals surface area contributed by atoms with Crippen molar-refractivity contribution in [2.75, 3.05) is 0 Å². The van der Waals surface area contributed by atoms with E-state index in [4.69, 9.17) is 34.3 Å². The van der Waals surface area contributed by atoms with E-state index in [2.05, 4.69) is 0 Å². The number of nitrogens with two attached hydrogens (primary N) is 1. The normalized spacial score (nSPS) is 10.1. The van der Waals surface area contributed by atoms with Crippen molar-refractivity contribution in [3.63, 3.8) is 0 Å². The van der Waals surface area contributed by atoms with E-state index < -0.39 is 0 Å². The second-order valence-corrected chi connectivity index (χ2v) is 4.75. The predicted molar refractivity (Wildman–Crippen MR) is 78.6 cm³/mol. The number of thiocarbonyl (C=S) groups is 1. The number of ether oxygens (including phenoxy) is 1. The van der Waals surface area contributed by atoms with Crippen molar-refractivity contribution < 1.29 is 4.74 Å². The van der Waals surface area contributed by atoms with Gasteiger partial charge in [0.15, 0.2) is 0 Å². The lowest BCUT2D eigenvalue weighted by atomic mass is 10.2. The molecule has 0 aliphatic carbocycles. The Hall–Kier alpha value is -1.58.